The Bertz CT molecular complexity index is 307. The van der Waals surface area contributed by atoms with E-state index >= 15 is 0 Å². The molecule has 2 aliphatic carbocycles. The lowest BCUT2D eigenvalue weighted by Gasteiger charge is -2.44. The molecule has 104 valence electrons. The van der Waals surface area contributed by atoms with Crippen LogP contribution in [0.2, 0.25) is 0 Å². The van der Waals surface area contributed by atoms with Crippen LogP contribution < -0.4 is 11.1 Å². The molecule has 0 saturated heterocycles. The molecule has 0 radical (unpaired) electrons. The van der Waals surface area contributed by atoms with Gasteiger partial charge in [-0.25, -0.2) is 0 Å². The Kier molecular flexibility index (Phi) is 3.97. The van der Waals surface area contributed by atoms with E-state index in [1.165, 1.54) is 12.8 Å². The van der Waals surface area contributed by atoms with E-state index in [2.05, 4.69) is 12.2 Å². The minimum atomic E-state index is -0.267. The molecule has 0 aromatic rings. The van der Waals surface area contributed by atoms with E-state index in [4.69, 9.17) is 10.5 Å². The van der Waals surface area contributed by atoms with Crippen molar-refractivity contribution in [3.8, 4) is 0 Å². The number of amides is 1. The van der Waals surface area contributed by atoms with Crippen LogP contribution in [0, 0.1) is 16.7 Å². The predicted molar refractivity (Wildman–Crippen MR) is 71.1 cm³/mol. The molecular formula is C14H26N2O2. The molecule has 0 bridgehead atoms. The summed E-state index contributed by atoms with van der Waals surface area (Å²) >= 11 is 0. The third kappa shape index (κ3) is 2.69. The quantitative estimate of drug-likeness (QED) is 0.719. The maximum Gasteiger partial charge on any atom is 0.227 e. The molecule has 4 heteroatoms. The molecular weight excluding hydrogens is 228 g/mol. The summed E-state index contributed by atoms with van der Waals surface area (Å²) in [6.45, 7) is 4.25. The first-order valence-electron chi connectivity index (χ1n) is 7.03. The van der Waals surface area contributed by atoms with Crippen LogP contribution in [0.1, 0.15) is 39.0 Å². The summed E-state index contributed by atoms with van der Waals surface area (Å²) in [6.07, 6.45) is 5.36. The van der Waals surface area contributed by atoms with Gasteiger partial charge in [-0.15, -0.1) is 0 Å². The van der Waals surface area contributed by atoms with Gasteiger partial charge in [-0.1, -0.05) is 6.92 Å². The summed E-state index contributed by atoms with van der Waals surface area (Å²) in [5.41, 5.74) is 5.84. The van der Waals surface area contributed by atoms with Crippen molar-refractivity contribution in [1.82, 2.24) is 5.32 Å². The van der Waals surface area contributed by atoms with E-state index in [0.29, 0.717) is 17.9 Å². The fraction of sp³-hybridized carbons (Fsp3) is 0.929. The molecule has 4 nitrogen and oxygen atoms in total. The van der Waals surface area contributed by atoms with Crippen molar-refractivity contribution in [3.05, 3.63) is 0 Å². The molecule has 0 aromatic heterocycles. The van der Waals surface area contributed by atoms with Crippen molar-refractivity contribution < 1.29 is 9.53 Å². The second-order valence-corrected chi connectivity index (χ2v) is 6.42. The zero-order valence-corrected chi connectivity index (χ0v) is 11.6. The number of nitrogens with two attached hydrogens (primary N) is 1. The number of carbonyl (C=O) groups is 1. The van der Waals surface area contributed by atoms with Crippen molar-refractivity contribution in [2.24, 2.45) is 22.5 Å². The molecule has 0 aromatic carbocycles. The number of rotatable bonds is 7. The monoisotopic (exact) mass is 254 g/mol. The summed E-state index contributed by atoms with van der Waals surface area (Å²) in [5.74, 6) is 0.814. The third-order valence-electron chi connectivity index (χ3n) is 4.77. The van der Waals surface area contributed by atoms with Gasteiger partial charge in [-0.2, -0.15) is 0 Å². The molecule has 3 N–H and O–H groups in total. The van der Waals surface area contributed by atoms with Crippen LogP contribution >= 0.6 is 0 Å². The van der Waals surface area contributed by atoms with Crippen molar-refractivity contribution in [3.63, 3.8) is 0 Å². The Morgan fingerprint density at radius 2 is 2.11 bits per heavy atom. The average Bonchev–Trinajstić information content (AvgIpc) is 3.10. The van der Waals surface area contributed by atoms with Gasteiger partial charge in [0.15, 0.2) is 0 Å². The van der Waals surface area contributed by atoms with Crippen molar-refractivity contribution >= 4 is 5.91 Å². The number of ether oxygens (including phenoxy) is 1. The predicted octanol–water partition coefficient (Wildman–Crippen LogP) is 1.29. The zero-order chi connectivity index (χ0) is 13.2. The van der Waals surface area contributed by atoms with E-state index in [-0.39, 0.29) is 11.3 Å². The average molecular weight is 254 g/mol. The Hall–Kier alpha value is -0.610. The largest absolute Gasteiger partial charge is 0.385 e. The normalized spacial score (nSPS) is 32.7. The molecule has 0 unspecified atom stereocenters. The summed E-state index contributed by atoms with van der Waals surface area (Å²) in [6, 6.07) is 0. The minimum Gasteiger partial charge on any atom is -0.385 e. The molecule has 2 rings (SSSR count). The highest BCUT2D eigenvalue weighted by molar-refractivity contribution is 5.84. The molecule has 0 aliphatic heterocycles. The number of hydrogen-bond donors (Lipinski definition) is 2. The van der Waals surface area contributed by atoms with Gasteiger partial charge >= 0.3 is 0 Å². The van der Waals surface area contributed by atoms with Crippen LogP contribution in [0.3, 0.4) is 0 Å². The van der Waals surface area contributed by atoms with Gasteiger partial charge in [-0.05, 0) is 43.4 Å². The minimum absolute atomic E-state index is 0.173. The number of methoxy groups -OCH3 is 1. The Morgan fingerprint density at radius 3 is 2.56 bits per heavy atom. The van der Waals surface area contributed by atoms with Gasteiger partial charge in [0, 0.05) is 26.8 Å². The summed E-state index contributed by atoms with van der Waals surface area (Å²) in [7, 11) is 1.73. The highest BCUT2D eigenvalue weighted by Crippen LogP contribution is 2.49. The number of nitrogens with one attached hydrogen (secondary N) is 1. The maximum atomic E-state index is 12.2. The zero-order valence-electron chi connectivity index (χ0n) is 11.6. The van der Waals surface area contributed by atoms with Gasteiger partial charge < -0.3 is 15.8 Å². The standard InChI is InChI=1S/C14H26N2O2/c1-11-7-14(8-11,9-15)12(17)16-10-13(3-4-13)5-6-18-2/h11H,3-10,15H2,1-2H3,(H,16,17). The highest BCUT2D eigenvalue weighted by Gasteiger charge is 2.48. The first-order chi connectivity index (χ1) is 8.56. The molecule has 0 atom stereocenters. The van der Waals surface area contributed by atoms with E-state index in [0.717, 1.165) is 32.4 Å². The molecule has 1 amide bonds. The Balaban J connectivity index is 1.78. The first kappa shape index (κ1) is 13.8. The van der Waals surface area contributed by atoms with Gasteiger partial charge in [0.2, 0.25) is 5.91 Å². The fourth-order valence-electron chi connectivity index (χ4n) is 3.18. The van der Waals surface area contributed by atoms with Crippen molar-refractivity contribution in [2.45, 2.75) is 39.0 Å². The van der Waals surface area contributed by atoms with Crippen LogP contribution in [-0.2, 0) is 9.53 Å². The van der Waals surface area contributed by atoms with Gasteiger partial charge in [0.05, 0.1) is 5.41 Å². The summed E-state index contributed by atoms with van der Waals surface area (Å²) in [5, 5.41) is 3.13. The molecule has 2 saturated carbocycles. The Morgan fingerprint density at radius 1 is 1.44 bits per heavy atom. The number of carbonyl (C=O) groups excluding carboxylic acids is 1. The van der Waals surface area contributed by atoms with E-state index in [9.17, 15) is 4.79 Å². The van der Waals surface area contributed by atoms with E-state index in [1.807, 2.05) is 0 Å². The van der Waals surface area contributed by atoms with Gasteiger partial charge in [0.25, 0.3) is 0 Å². The summed E-state index contributed by atoms with van der Waals surface area (Å²) in [4.78, 5) is 12.2. The molecule has 2 aliphatic rings. The molecule has 0 spiro atoms. The first-order valence-corrected chi connectivity index (χ1v) is 7.03. The van der Waals surface area contributed by atoms with Crippen LogP contribution in [-0.4, -0.2) is 32.7 Å². The lowest BCUT2D eigenvalue weighted by molar-refractivity contribution is -0.138. The van der Waals surface area contributed by atoms with E-state index in [1.54, 1.807) is 7.11 Å². The lowest BCUT2D eigenvalue weighted by atomic mass is 9.62. The van der Waals surface area contributed by atoms with Gasteiger partial charge in [-0.3, -0.25) is 4.79 Å². The molecule has 0 heterocycles. The molecule has 18 heavy (non-hydrogen) atoms. The van der Waals surface area contributed by atoms with Crippen molar-refractivity contribution in [2.75, 3.05) is 26.8 Å². The number of hydrogen-bond acceptors (Lipinski definition) is 3. The van der Waals surface area contributed by atoms with Crippen LogP contribution in [0.25, 0.3) is 0 Å². The van der Waals surface area contributed by atoms with Gasteiger partial charge in [0.1, 0.15) is 0 Å². The van der Waals surface area contributed by atoms with Crippen LogP contribution in [0.5, 0.6) is 0 Å². The fourth-order valence-corrected chi connectivity index (χ4v) is 3.18. The van der Waals surface area contributed by atoms with Crippen molar-refractivity contribution in [1.29, 1.82) is 0 Å². The lowest BCUT2D eigenvalue weighted by Crippen LogP contribution is -2.54. The second kappa shape index (κ2) is 5.17. The highest BCUT2D eigenvalue weighted by atomic mass is 16.5. The van der Waals surface area contributed by atoms with Crippen LogP contribution in [0.4, 0.5) is 0 Å². The SMILES string of the molecule is COCCC1(CNC(=O)C2(CN)CC(C)C2)CC1. The second-order valence-electron chi connectivity index (χ2n) is 6.42. The van der Waals surface area contributed by atoms with E-state index < -0.39 is 0 Å². The topological polar surface area (TPSA) is 64.3 Å². The smallest absolute Gasteiger partial charge is 0.227 e. The third-order valence-corrected chi connectivity index (χ3v) is 4.77. The van der Waals surface area contributed by atoms with Crippen LogP contribution in [0.15, 0.2) is 0 Å². The Labute approximate surface area is 110 Å². The maximum absolute atomic E-state index is 12.2. The summed E-state index contributed by atoms with van der Waals surface area (Å²) < 4.78 is 5.13. The molecule has 2 fully saturated rings.